The molecule has 0 radical (unpaired) electrons. The highest BCUT2D eigenvalue weighted by Gasteiger charge is 2.13. The van der Waals surface area contributed by atoms with Gasteiger partial charge in [-0.15, -0.1) is 0 Å². The number of aromatic nitrogens is 1. The molecule has 1 amide bonds. The lowest BCUT2D eigenvalue weighted by molar-refractivity contribution is 0.102. The van der Waals surface area contributed by atoms with Gasteiger partial charge >= 0.3 is 0 Å². The number of amides is 1. The molecule has 0 aliphatic rings. The third-order valence-corrected chi connectivity index (χ3v) is 4.47. The molecular formula is C23H18N2O. The van der Waals surface area contributed by atoms with Crippen LogP contribution in [-0.4, -0.2) is 10.9 Å². The average Bonchev–Trinajstić information content (AvgIpc) is 2.69. The summed E-state index contributed by atoms with van der Waals surface area (Å²) < 4.78 is 0. The molecule has 126 valence electrons. The van der Waals surface area contributed by atoms with Gasteiger partial charge in [0.05, 0.1) is 11.2 Å². The molecule has 1 aromatic heterocycles. The fourth-order valence-electron chi connectivity index (χ4n) is 3.07. The number of para-hydroxylation sites is 1. The van der Waals surface area contributed by atoms with Gasteiger partial charge in [0.25, 0.3) is 5.91 Å². The fraction of sp³-hybridized carbons (Fsp3) is 0.0435. The Hall–Kier alpha value is -3.46. The molecule has 4 aromatic rings. The molecule has 1 N–H and O–H groups in total. The van der Waals surface area contributed by atoms with Gasteiger partial charge in [-0.1, -0.05) is 60.7 Å². The first kappa shape index (κ1) is 16.0. The summed E-state index contributed by atoms with van der Waals surface area (Å²) in [6.07, 6.45) is 1.74. The minimum absolute atomic E-state index is 0.126. The molecule has 3 heteroatoms. The molecule has 0 atom stereocenters. The zero-order valence-corrected chi connectivity index (χ0v) is 14.4. The zero-order valence-electron chi connectivity index (χ0n) is 14.4. The van der Waals surface area contributed by atoms with Crippen LogP contribution in [0.5, 0.6) is 0 Å². The molecule has 4 rings (SSSR count). The smallest absolute Gasteiger partial charge is 0.256 e. The highest BCUT2D eigenvalue weighted by molar-refractivity contribution is 6.09. The minimum atomic E-state index is -0.126. The van der Waals surface area contributed by atoms with E-state index in [1.807, 2.05) is 85.8 Å². The van der Waals surface area contributed by atoms with E-state index in [9.17, 15) is 4.79 Å². The summed E-state index contributed by atoms with van der Waals surface area (Å²) in [6, 6.07) is 25.7. The Morgan fingerprint density at radius 2 is 1.65 bits per heavy atom. The second-order valence-electron chi connectivity index (χ2n) is 6.23. The molecule has 26 heavy (non-hydrogen) atoms. The second kappa shape index (κ2) is 6.81. The van der Waals surface area contributed by atoms with E-state index in [1.165, 1.54) is 0 Å². The third-order valence-electron chi connectivity index (χ3n) is 4.47. The molecule has 0 bridgehead atoms. The Labute approximate surface area is 152 Å². The fourth-order valence-corrected chi connectivity index (χ4v) is 3.07. The van der Waals surface area contributed by atoms with Crippen LogP contribution in [0.1, 0.15) is 15.9 Å². The Kier molecular flexibility index (Phi) is 4.20. The predicted octanol–water partition coefficient (Wildman–Crippen LogP) is 5.46. The molecule has 0 aliphatic carbocycles. The third kappa shape index (κ3) is 3.07. The van der Waals surface area contributed by atoms with Crippen LogP contribution in [0.4, 0.5) is 5.69 Å². The predicted molar refractivity (Wildman–Crippen MR) is 106 cm³/mol. The summed E-state index contributed by atoms with van der Waals surface area (Å²) in [5, 5.41) is 4.02. The standard InChI is InChI=1S/C23H18N2O/c1-16-12-13-19(17-7-3-2-4-8-17)15-20(16)23(26)25-21-11-5-9-18-10-6-14-24-22(18)21/h2-15H,1H3,(H,25,26). The van der Waals surface area contributed by atoms with Crippen LogP contribution in [0.2, 0.25) is 0 Å². The van der Waals surface area contributed by atoms with Crippen molar-refractivity contribution in [3.8, 4) is 11.1 Å². The van der Waals surface area contributed by atoms with Gasteiger partial charge in [0, 0.05) is 17.1 Å². The number of carbonyl (C=O) groups excluding carboxylic acids is 1. The molecule has 0 saturated carbocycles. The number of pyridine rings is 1. The SMILES string of the molecule is Cc1ccc(-c2ccccc2)cc1C(=O)Nc1cccc2cccnc12. The van der Waals surface area contributed by atoms with Gasteiger partial charge < -0.3 is 5.32 Å². The molecule has 0 unspecified atom stereocenters. The maximum atomic E-state index is 12.9. The van der Waals surface area contributed by atoms with Crippen molar-refractivity contribution in [1.29, 1.82) is 0 Å². The maximum Gasteiger partial charge on any atom is 0.256 e. The molecule has 3 nitrogen and oxygen atoms in total. The van der Waals surface area contributed by atoms with Crippen LogP contribution < -0.4 is 5.32 Å². The van der Waals surface area contributed by atoms with Crippen molar-refractivity contribution < 1.29 is 4.79 Å². The first-order chi connectivity index (χ1) is 12.7. The lowest BCUT2D eigenvalue weighted by Gasteiger charge is -2.11. The highest BCUT2D eigenvalue weighted by atomic mass is 16.1. The van der Waals surface area contributed by atoms with Crippen molar-refractivity contribution in [2.45, 2.75) is 6.92 Å². The van der Waals surface area contributed by atoms with E-state index in [1.54, 1.807) is 6.20 Å². The molecule has 0 saturated heterocycles. The van der Waals surface area contributed by atoms with Crippen LogP contribution >= 0.6 is 0 Å². The number of carbonyl (C=O) groups is 1. The van der Waals surface area contributed by atoms with Gasteiger partial charge in [-0.3, -0.25) is 9.78 Å². The monoisotopic (exact) mass is 338 g/mol. The largest absolute Gasteiger partial charge is 0.320 e. The van der Waals surface area contributed by atoms with Gasteiger partial charge in [-0.05, 0) is 41.8 Å². The number of aryl methyl sites for hydroxylation is 1. The van der Waals surface area contributed by atoms with Crippen molar-refractivity contribution in [2.24, 2.45) is 0 Å². The summed E-state index contributed by atoms with van der Waals surface area (Å²) in [4.78, 5) is 17.3. The van der Waals surface area contributed by atoms with Crippen LogP contribution in [0, 0.1) is 6.92 Å². The van der Waals surface area contributed by atoms with E-state index in [0.29, 0.717) is 5.56 Å². The molecule has 0 aliphatic heterocycles. The first-order valence-electron chi connectivity index (χ1n) is 8.53. The lowest BCUT2D eigenvalue weighted by Crippen LogP contribution is -2.14. The van der Waals surface area contributed by atoms with Crippen LogP contribution in [0.3, 0.4) is 0 Å². The summed E-state index contributed by atoms with van der Waals surface area (Å²) in [5.74, 6) is -0.126. The van der Waals surface area contributed by atoms with Gasteiger partial charge in [-0.25, -0.2) is 0 Å². The average molecular weight is 338 g/mol. The normalized spacial score (nSPS) is 10.7. The van der Waals surface area contributed by atoms with E-state index in [0.717, 1.165) is 33.3 Å². The Morgan fingerprint density at radius 1 is 0.846 bits per heavy atom. The van der Waals surface area contributed by atoms with Crippen LogP contribution in [0.15, 0.2) is 85.1 Å². The van der Waals surface area contributed by atoms with Gasteiger partial charge in [0.1, 0.15) is 0 Å². The number of fused-ring (bicyclic) bond motifs is 1. The highest BCUT2D eigenvalue weighted by Crippen LogP contribution is 2.25. The summed E-state index contributed by atoms with van der Waals surface area (Å²) in [5.41, 5.74) is 5.23. The molecule has 0 spiro atoms. The summed E-state index contributed by atoms with van der Waals surface area (Å²) in [7, 11) is 0. The number of benzene rings is 3. The number of rotatable bonds is 3. The lowest BCUT2D eigenvalue weighted by atomic mass is 9.99. The van der Waals surface area contributed by atoms with Crippen LogP contribution in [-0.2, 0) is 0 Å². The van der Waals surface area contributed by atoms with Gasteiger partial charge in [0.2, 0.25) is 0 Å². The topological polar surface area (TPSA) is 42.0 Å². The van der Waals surface area contributed by atoms with Crippen molar-refractivity contribution in [2.75, 3.05) is 5.32 Å². The quantitative estimate of drug-likeness (QED) is 0.539. The Balaban J connectivity index is 1.70. The number of hydrogen-bond acceptors (Lipinski definition) is 2. The van der Waals surface area contributed by atoms with E-state index < -0.39 is 0 Å². The van der Waals surface area contributed by atoms with Gasteiger partial charge in [0.15, 0.2) is 0 Å². The molecule has 1 heterocycles. The first-order valence-corrected chi connectivity index (χ1v) is 8.53. The Bertz CT molecular complexity index is 1080. The van der Waals surface area contributed by atoms with E-state index in [-0.39, 0.29) is 5.91 Å². The van der Waals surface area contributed by atoms with Gasteiger partial charge in [-0.2, -0.15) is 0 Å². The zero-order chi connectivity index (χ0) is 17.9. The second-order valence-corrected chi connectivity index (χ2v) is 6.23. The summed E-state index contributed by atoms with van der Waals surface area (Å²) >= 11 is 0. The summed E-state index contributed by atoms with van der Waals surface area (Å²) in [6.45, 7) is 1.95. The minimum Gasteiger partial charge on any atom is -0.320 e. The van der Waals surface area contributed by atoms with E-state index >= 15 is 0 Å². The maximum absolute atomic E-state index is 12.9. The molecule has 0 fully saturated rings. The number of hydrogen-bond donors (Lipinski definition) is 1. The molecular weight excluding hydrogens is 320 g/mol. The van der Waals surface area contributed by atoms with Crippen molar-refractivity contribution >= 4 is 22.5 Å². The molecule has 3 aromatic carbocycles. The van der Waals surface area contributed by atoms with Crippen molar-refractivity contribution in [3.05, 3.63) is 96.2 Å². The number of anilines is 1. The van der Waals surface area contributed by atoms with Crippen molar-refractivity contribution in [1.82, 2.24) is 4.98 Å². The van der Waals surface area contributed by atoms with Crippen LogP contribution in [0.25, 0.3) is 22.0 Å². The van der Waals surface area contributed by atoms with E-state index in [2.05, 4.69) is 10.3 Å². The number of nitrogens with zero attached hydrogens (tertiary/aromatic N) is 1. The Morgan fingerprint density at radius 3 is 2.50 bits per heavy atom. The van der Waals surface area contributed by atoms with E-state index in [4.69, 9.17) is 0 Å². The number of nitrogens with one attached hydrogen (secondary N) is 1. The van der Waals surface area contributed by atoms with Crippen molar-refractivity contribution in [3.63, 3.8) is 0 Å².